The van der Waals surface area contributed by atoms with Gasteiger partial charge in [-0.2, -0.15) is 17.0 Å². The zero-order chi connectivity index (χ0) is 16.2. The Morgan fingerprint density at radius 3 is 2.68 bits per heavy atom. The van der Waals surface area contributed by atoms with Crippen molar-refractivity contribution in [3.8, 4) is 0 Å². The smallest absolute Gasteiger partial charge is 0.304 e. The van der Waals surface area contributed by atoms with Crippen molar-refractivity contribution in [2.45, 2.75) is 31.7 Å². The van der Waals surface area contributed by atoms with Gasteiger partial charge in [0.2, 0.25) is 0 Å². The van der Waals surface area contributed by atoms with Gasteiger partial charge >= 0.3 is 5.97 Å². The molecule has 0 spiro atoms. The third-order valence-corrected chi connectivity index (χ3v) is 6.03. The van der Waals surface area contributed by atoms with Crippen LogP contribution in [0.1, 0.15) is 24.8 Å². The second kappa shape index (κ2) is 7.21. The van der Waals surface area contributed by atoms with Crippen molar-refractivity contribution in [1.29, 1.82) is 0 Å². The maximum atomic E-state index is 12.6. The minimum absolute atomic E-state index is 0.133. The Balaban J connectivity index is 2.00. The minimum Gasteiger partial charge on any atom is -0.481 e. The van der Waals surface area contributed by atoms with E-state index in [1.165, 1.54) is 8.61 Å². The predicted molar refractivity (Wildman–Crippen MR) is 83.7 cm³/mol. The molecule has 0 saturated carbocycles. The summed E-state index contributed by atoms with van der Waals surface area (Å²) in [6.07, 6.45) is 1.82. The molecule has 1 saturated heterocycles. The van der Waals surface area contributed by atoms with Crippen LogP contribution in [0.4, 0.5) is 0 Å². The summed E-state index contributed by atoms with van der Waals surface area (Å²) in [7, 11) is -2.05. The lowest BCUT2D eigenvalue weighted by atomic mass is 10.2. The van der Waals surface area contributed by atoms with Crippen LogP contribution in [0.5, 0.6) is 0 Å². The van der Waals surface area contributed by atoms with Crippen LogP contribution in [0.3, 0.4) is 0 Å². The first-order valence-corrected chi connectivity index (χ1v) is 8.80. The van der Waals surface area contributed by atoms with Crippen LogP contribution in [-0.2, 0) is 21.4 Å². The van der Waals surface area contributed by atoms with Gasteiger partial charge in [-0.3, -0.25) is 4.79 Å². The second-order valence-electron chi connectivity index (χ2n) is 5.57. The van der Waals surface area contributed by atoms with Crippen LogP contribution < -0.4 is 0 Å². The van der Waals surface area contributed by atoms with E-state index in [1.807, 2.05) is 30.3 Å². The summed E-state index contributed by atoms with van der Waals surface area (Å²) >= 11 is 0. The molecule has 0 unspecified atom stereocenters. The highest BCUT2D eigenvalue weighted by Gasteiger charge is 2.37. The summed E-state index contributed by atoms with van der Waals surface area (Å²) in [5, 5.41) is 8.91. The van der Waals surface area contributed by atoms with E-state index in [0.29, 0.717) is 32.4 Å². The standard InChI is InChI=1S/C15H22N2O4S/c1-16(11-9-13-6-3-2-4-7-13)22(20,21)17-10-5-8-14(17)12-15(18)19/h2-4,6-7,14H,5,8-12H2,1H3,(H,18,19)/t14-/m1/s1. The molecular weight excluding hydrogens is 304 g/mol. The monoisotopic (exact) mass is 326 g/mol. The maximum absolute atomic E-state index is 12.6. The Bertz CT molecular complexity index is 603. The number of likely N-dealkylation sites (N-methyl/N-ethyl adjacent to an activating group) is 1. The molecule has 0 bridgehead atoms. The van der Waals surface area contributed by atoms with Crippen LogP contribution >= 0.6 is 0 Å². The van der Waals surface area contributed by atoms with Gasteiger partial charge in [-0.25, -0.2) is 0 Å². The van der Waals surface area contributed by atoms with E-state index in [-0.39, 0.29) is 6.42 Å². The lowest BCUT2D eigenvalue weighted by molar-refractivity contribution is -0.137. The molecule has 7 heteroatoms. The van der Waals surface area contributed by atoms with E-state index < -0.39 is 22.2 Å². The van der Waals surface area contributed by atoms with Gasteiger partial charge < -0.3 is 5.11 Å². The summed E-state index contributed by atoms with van der Waals surface area (Å²) in [5.41, 5.74) is 1.08. The van der Waals surface area contributed by atoms with Gasteiger partial charge in [0.15, 0.2) is 0 Å². The molecule has 0 amide bonds. The van der Waals surface area contributed by atoms with Gasteiger partial charge in [0, 0.05) is 26.2 Å². The number of aliphatic carboxylic acids is 1. The summed E-state index contributed by atoms with van der Waals surface area (Å²) in [4.78, 5) is 10.9. The molecule has 1 aromatic rings. The summed E-state index contributed by atoms with van der Waals surface area (Å²) in [6.45, 7) is 0.776. The van der Waals surface area contributed by atoms with Gasteiger partial charge in [-0.05, 0) is 24.8 Å². The normalized spacial score (nSPS) is 19.6. The molecule has 1 aromatic carbocycles. The number of rotatable bonds is 7. The number of carbonyl (C=O) groups is 1. The molecule has 6 nitrogen and oxygen atoms in total. The highest BCUT2D eigenvalue weighted by atomic mass is 32.2. The molecule has 22 heavy (non-hydrogen) atoms. The van der Waals surface area contributed by atoms with Crippen molar-refractivity contribution < 1.29 is 18.3 Å². The SMILES string of the molecule is CN(CCc1ccccc1)S(=O)(=O)N1CCC[C@@H]1CC(=O)O. The summed E-state index contributed by atoms with van der Waals surface area (Å²) in [5.74, 6) is -0.959. The third kappa shape index (κ3) is 4.06. The molecule has 0 aromatic heterocycles. The Labute approximate surface area is 131 Å². The van der Waals surface area contributed by atoms with Crippen molar-refractivity contribution in [2.75, 3.05) is 20.1 Å². The molecule has 1 aliphatic rings. The molecule has 1 N–H and O–H groups in total. The molecule has 1 atom stereocenters. The van der Waals surface area contributed by atoms with Crippen molar-refractivity contribution in [3.05, 3.63) is 35.9 Å². The molecule has 0 aliphatic carbocycles. The zero-order valence-electron chi connectivity index (χ0n) is 12.7. The Kier molecular flexibility index (Phi) is 5.55. The Morgan fingerprint density at radius 2 is 2.05 bits per heavy atom. The highest BCUT2D eigenvalue weighted by molar-refractivity contribution is 7.86. The van der Waals surface area contributed by atoms with Gasteiger partial charge in [-0.1, -0.05) is 30.3 Å². The first-order chi connectivity index (χ1) is 10.4. The predicted octanol–water partition coefficient (Wildman–Crippen LogP) is 1.34. The van der Waals surface area contributed by atoms with E-state index in [4.69, 9.17) is 5.11 Å². The van der Waals surface area contributed by atoms with Crippen molar-refractivity contribution >= 4 is 16.2 Å². The average Bonchev–Trinajstić information content (AvgIpc) is 2.93. The first kappa shape index (κ1) is 16.9. The van der Waals surface area contributed by atoms with Crippen molar-refractivity contribution in [3.63, 3.8) is 0 Å². The number of benzene rings is 1. The average molecular weight is 326 g/mol. The Morgan fingerprint density at radius 1 is 1.36 bits per heavy atom. The van der Waals surface area contributed by atoms with E-state index in [9.17, 15) is 13.2 Å². The largest absolute Gasteiger partial charge is 0.481 e. The van der Waals surface area contributed by atoms with E-state index in [2.05, 4.69) is 0 Å². The topological polar surface area (TPSA) is 77.9 Å². The molecule has 1 heterocycles. The zero-order valence-corrected chi connectivity index (χ0v) is 13.5. The fourth-order valence-corrected chi connectivity index (χ4v) is 4.34. The third-order valence-electron chi connectivity index (χ3n) is 3.98. The highest BCUT2D eigenvalue weighted by Crippen LogP contribution is 2.25. The lowest BCUT2D eigenvalue weighted by Crippen LogP contribution is -2.45. The summed E-state index contributed by atoms with van der Waals surface area (Å²) < 4.78 is 27.9. The van der Waals surface area contributed by atoms with Crippen LogP contribution in [0, 0.1) is 0 Å². The van der Waals surface area contributed by atoms with Crippen molar-refractivity contribution in [2.24, 2.45) is 0 Å². The van der Waals surface area contributed by atoms with Gasteiger partial charge in [0.1, 0.15) is 0 Å². The number of hydrogen-bond acceptors (Lipinski definition) is 3. The number of carboxylic acids is 1. The van der Waals surface area contributed by atoms with E-state index >= 15 is 0 Å². The molecular formula is C15H22N2O4S. The van der Waals surface area contributed by atoms with Crippen molar-refractivity contribution in [1.82, 2.24) is 8.61 Å². The number of carboxylic acid groups (broad SMARTS) is 1. The van der Waals surface area contributed by atoms with Crippen LogP contribution in [0.15, 0.2) is 30.3 Å². The van der Waals surface area contributed by atoms with Gasteiger partial charge in [0.25, 0.3) is 10.2 Å². The van der Waals surface area contributed by atoms with Crippen LogP contribution in [-0.4, -0.2) is 54.3 Å². The number of nitrogens with zero attached hydrogens (tertiary/aromatic N) is 2. The minimum atomic E-state index is -3.60. The molecule has 1 fully saturated rings. The quantitative estimate of drug-likeness (QED) is 0.820. The molecule has 2 rings (SSSR count). The second-order valence-corrected chi connectivity index (χ2v) is 7.56. The Hall–Kier alpha value is -1.44. The fraction of sp³-hybridized carbons (Fsp3) is 0.533. The first-order valence-electron chi connectivity index (χ1n) is 7.40. The number of hydrogen-bond donors (Lipinski definition) is 1. The van der Waals surface area contributed by atoms with Gasteiger partial charge in [-0.15, -0.1) is 0 Å². The molecule has 0 radical (unpaired) electrons. The lowest BCUT2D eigenvalue weighted by Gasteiger charge is -2.28. The summed E-state index contributed by atoms with van der Waals surface area (Å²) in [6, 6.07) is 9.26. The van der Waals surface area contributed by atoms with E-state index in [0.717, 1.165) is 5.56 Å². The van der Waals surface area contributed by atoms with Crippen LogP contribution in [0.2, 0.25) is 0 Å². The van der Waals surface area contributed by atoms with E-state index in [1.54, 1.807) is 7.05 Å². The molecule has 122 valence electrons. The van der Waals surface area contributed by atoms with Gasteiger partial charge in [0.05, 0.1) is 6.42 Å². The fourth-order valence-electron chi connectivity index (χ4n) is 2.74. The maximum Gasteiger partial charge on any atom is 0.304 e. The molecule has 1 aliphatic heterocycles. The van der Waals surface area contributed by atoms with Crippen LogP contribution in [0.25, 0.3) is 0 Å².